The summed E-state index contributed by atoms with van der Waals surface area (Å²) in [4.78, 5) is 14.7. The van der Waals surface area contributed by atoms with Crippen LogP contribution in [0, 0.1) is 0 Å². The summed E-state index contributed by atoms with van der Waals surface area (Å²) in [7, 11) is 0. The summed E-state index contributed by atoms with van der Waals surface area (Å²) in [6.45, 7) is 0.903. The number of aliphatic hydroxyl groups is 3. The van der Waals surface area contributed by atoms with Crippen LogP contribution in [0.1, 0.15) is 23.8 Å². The van der Waals surface area contributed by atoms with Crippen LogP contribution in [0.15, 0.2) is 6.33 Å². The minimum Gasteiger partial charge on any atom is -0.394 e. The van der Waals surface area contributed by atoms with Gasteiger partial charge < -0.3 is 20.1 Å². The minimum atomic E-state index is -1.23. The molecule has 1 saturated heterocycles. The summed E-state index contributed by atoms with van der Waals surface area (Å²) in [6, 6.07) is 0. The number of aliphatic hydroxyl groups excluding tert-OH is 3. The van der Waals surface area contributed by atoms with Crippen LogP contribution in [0.5, 0.6) is 0 Å². The van der Waals surface area contributed by atoms with E-state index in [4.69, 9.17) is 9.84 Å². The lowest BCUT2D eigenvalue weighted by Crippen LogP contribution is -2.33. The topological polar surface area (TPSA) is 118 Å². The maximum Gasteiger partial charge on any atom is 0.217 e. The van der Waals surface area contributed by atoms with E-state index in [-0.39, 0.29) is 11.6 Å². The minimum absolute atomic E-state index is 0.00254. The highest BCUT2D eigenvalue weighted by Crippen LogP contribution is 2.28. The number of Topliss-reactive ketones (excluding diaryl/α,β-unsaturated/α-hetero) is 1. The first-order chi connectivity index (χ1) is 8.04. The molecule has 1 aromatic rings. The van der Waals surface area contributed by atoms with Gasteiger partial charge in [0.15, 0.2) is 12.0 Å². The van der Waals surface area contributed by atoms with Crippen molar-refractivity contribution >= 4 is 5.78 Å². The first-order valence-corrected chi connectivity index (χ1v) is 5.09. The zero-order valence-electron chi connectivity index (χ0n) is 9.09. The fourth-order valence-electron chi connectivity index (χ4n) is 1.66. The van der Waals surface area contributed by atoms with Crippen LogP contribution in [0.25, 0.3) is 0 Å². The Morgan fingerprint density at radius 2 is 2.24 bits per heavy atom. The average Bonchev–Trinajstić information content (AvgIpc) is 2.87. The Bertz CT molecular complexity index is 421. The quantitative estimate of drug-likeness (QED) is 0.530. The van der Waals surface area contributed by atoms with Crippen LogP contribution in [-0.2, 0) is 4.74 Å². The molecule has 0 aromatic carbocycles. The Morgan fingerprint density at radius 3 is 2.71 bits per heavy atom. The fraction of sp³-hybridized carbons (Fsp3) is 0.667. The van der Waals surface area contributed by atoms with Gasteiger partial charge in [0.1, 0.15) is 24.6 Å². The van der Waals surface area contributed by atoms with Crippen LogP contribution in [0.2, 0.25) is 0 Å². The van der Waals surface area contributed by atoms with E-state index in [9.17, 15) is 15.0 Å². The van der Waals surface area contributed by atoms with Gasteiger partial charge in [-0.2, -0.15) is 0 Å². The van der Waals surface area contributed by atoms with Crippen molar-refractivity contribution in [1.82, 2.24) is 14.8 Å². The van der Waals surface area contributed by atoms with Crippen LogP contribution < -0.4 is 0 Å². The number of carbonyl (C=O) groups excluding carboxylic acids is 1. The molecule has 0 saturated carbocycles. The van der Waals surface area contributed by atoms with Crippen molar-refractivity contribution in [3.05, 3.63) is 12.2 Å². The second-order valence-corrected chi connectivity index (χ2v) is 3.83. The van der Waals surface area contributed by atoms with E-state index < -0.39 is 31.1 Å². The molecular weight excluding hydrogens is 230 g/mol. The van der Waals surface area contributed by atoms with E-state index in [1.54, 1.807) is 0 Å². The van der Waals surface area contributed by atoms with Crippen molar-refractivity contribution in [2.24, 2.45) is 0 Å². The van der Waals surface area contributed by atoms with Crippen molar-refractivity contribution in [2.75, 3.05) is 6.61 Å². The second kappa shape index (κ2) is 4.49. The highest BCUT2D eigenvalue weighted by Gasteiger charge is 2.43. The maximum atomic E-state index is 11.0. The van der Waals surface area contributed by atoms with Crippen molar-refractivity contribution < 1.29 is 24.9 Å². The number of ether oxygens (including phenoxy) is 1. The molecule has 0 spiro atoms. The molecule has 8 heteroatoms. The normalized spacial score (nSPS) is 32.9. The largest absolute Gasteiger partial charge is 0.394 e. The summed E-state index contributed by atoms with van der Waals surface area (Å²) in [5.41, 5.74) is 0. The Labute approximate surface area is 96.5 Å². The van der Waals surface area contributed by atoms with Crippen LogP contribution in [-0.4, -0.2) is 60.8 Å². The van der Waals surface area contributed by atoms with Crippen molar-refractivity contribution in [2.45, 2.75) is 31.5 Å². The molecule has 94 valence electrons. The summed E-state index contributed by atoms with van der Waals surface area (Å²) < 4.78 is 6.37. The van der Waals surface area contributed by atoms with Gasteiger partial charge in [-0.1, -0.05) is 0 Å². The fourth-order valence-corrected chi connectivity index (χ4v) is 1.66. The average molecular weight is 243 g/mol. The van der Waals surface area contributed by atoms with Crippen LogP contribution in [0.3, 0.4) is 0 Å². The van der Waals surface area contributed by atoms with Gasteiger partial charge in [-0.05, 0) is 0 Å². The number of ketones is 1. The Balaban J connectivity index is 2.19. The van der Waals surface area contributed by atoms with Crippen LogP contribution in [0.4, 0.5) is 0 Å². The van der Waals surface area contributed by atoms with E-state index in [2.05, 4.69) is 10.1 Å². The first-order valence-electron chi connectivity index (χ1n) is 5.09. The number of aromatic nitrogens is 3. The molecule has 1 fully saturated rings. The third kappa shape index (κ3) is 2.07. The van der Waals surface area contributed by atoms with Gasteiger partial charge in [-0.3, -0.25) is 4.79 Å². The molecule has 1 aliphatic rings. The van der Waals surface area contributed by atoms with Crippen molar-refractivity contribution in [3.63, 3.8) is 0 Å². The van der Waals surface area contributed by atoms with E-state index in [0.29, 0.717) is 0 Å². The molecule has 4 unspecified atom stereocenters. The lowest BCUT2D eigenvalue weighted by molar-refractivity contribution is -0.0588. The molecule has 0 aliphatic carbocycles. The molecule has 1 aromatic heterocycles. The lowest BCUT2D eigenvalue weighted by Gasteiger charge is -2.13. The molecule has 0 bridgehead atoms. The predicted octanol–water partition coefficient (Wildman–Crippen LogP) is -1.91. The van der Waals surface area contributed by atoms with E-state index in [0.717, 1.165) is 4.68 Å². The number of carbonyl (C=O) groups is 1. The Morgan fingerprint density at radius 1 is 1.53 bits per heavy atom. The van der Waals surface area contributed by atoms with Gasteiger partial charge in [0, 0.05) is 6.92 Å². The van der Waals surface area contributed by atoms with Gasteiger partial charge in [0.25, 0.3) is 0 Å². The second-order valence-electron chi connectivity index (χ2n) is 3.83. The maximum absolute atomic E-state index is 11.0. The van der Waals surface area contributed by atoms with E-state index in [1.165, 1.54) is 13.3 Å². The smallest absolute Gasteiger partial charge is 0.217 e. The molecule has 1 aliphatic heterocycles. The first kappa shape index (κ1) is 12.1. The summed E-state index contributed by atoms with van der Waals surface area (Å²) in [5, 5.41) is 32.0. The molecular formula is C9H13N3O5. The van der Waals surface area contributed by atoms with E-state index >= 15 is 0 Å². The van der Waals surface area contributed by atoms with Gasteiger partial charge in [-0.25, -0.2) is 9.67 Å². The van der Waals surface area contributed by atoms with Crippen LogP contribution >= 0.6 is 0 Å². The molecule has 2 rings (SSSR count). The molecule has 4 atom stereocenters. The molecule has 3 N–H and O–H groups in total. The van der Waals surface area contributed by atoms with Crippen molar-refractivity contribution in [1.29, 1.82) is 0 Å². The van der Waals surface area contributed by atoms with Gasteiger partial charge in [0.2, 0.25) is 5.82 Å². The Hall–Kier alpha value is -1.35. The summed E-state index contributed by atoms with van der Waals surface area (Å²) >= 11 is 0. The van der Waals surface area contributed by atoms with Gasteiger partial charge in [-0.15, -0.1) is 5.10 Å². The van der Waals surface area contributed by atoms with Crippen molar-refractivity contribution in [3.8, 4) is 0 Å². The predicted molar refractivity (Wildman–Crippen MR) is 53.0 cm³/mol. The third-order valence-corrected chi connectivity index (χ3v) is 2.60. The standard InChI is InChI=1S/C9H13N3O5/c1-4(14)8-10-3-12(11-8)9-7(16)6(15)5(2-13)17-9/h3,5-7,9,13,15-16H,2H2,1H3. The highest BCUT2D eigenvalue weighted by molar-refractivity contribution is 5.89. The number of hydrogen-bond acceptors (Lipinski definition) is 7. The Kier molecular flexibility index (Phi) is 3.20. The van der Waals surface area contributed by atoms with Gasteiger partial charge in [0.05, 0.1) is 6.61 Å². The van der Waals surface area contributed by atoms with Gasteiger partial charge >= 0.3 is 0 Å². The molecule has 0 amide bonds. The zero-order valence-corrected chi connectivity index (χ0v) is 9.09. The monoisotopic (exact) mass is 243 g/mol. The molecule has 0 radical (unpaired) electrons. The highest BCUT2D eigenvalue weighted by atomic mass is 16.6. The lowest BCUT2D eigenvalue weighted by atomic mass is 10.1. The molecule has 17 heavy (non-hydrogen) atoms. The SMILES string of the molecule is CC(=O)c1ncn(C2OC(CO)C(O)C2O)n1. The third-order valence-electron chi connectivity index (χ3n) is 2.60. The number of hydrogen-bond donors (Lipinski definition) is 3. The summed E-state index contributed by atoms with van der Waals surface area (Å²) in [6.07, 6.45) is -3.02. The number of rotatable bonds is 3. The zero-order chi connectivity index (χ0) is 12.6. The van der Waals surface area contributed by atoms with E-state index in [1.807, 2.05) is 0 Å². The molecule has 8 nitrogen and oxygen atoms in total. The molecule has 2 heterocycles. The summed E-state index contributed by atoms with van der Waals surface area (Å²) in [5.74, 6) is -0.307. The number of nitrogens with zero attached hydrogens (tertiary/aromatic N) is 3.